The van der Waals surface area contributed by atoms with Crippen molar-refractivity contribution in [2.75, 3.05) is 13.1 Å². The third-order valence-electron chi connectivity index (χ3n) is 4.38. The molecule has 0 bridgehead atoms. The average Bonchev–Trinajstić information content (AvgIpc) is 3.02. The number of hydrogen-bond donors (Lipinski definition) is 1. The Bertz CT molecular complexity index is 674. The van der Waals surface area contributed by atoms with Gasteiger partial charge in [-0.25, -0.2) is 0 Å². The van der Waals surface area contributed by atoms with Crippen LogP contribution in [-0.2, 0) is 20.9 Å². The molecule has 1 aromatic heterocycles. The standard InChI is InChI=1S/C18H22N2O3/c21-13-16(23-18(22)15-5-3-9-19-12-15)8-11-20-10-7-14-4-1-2-6-17(14)20/h1-2,4,6-7,10,13,15-16,19H,3,5,8-9,11-12H2. The van der Waals surface area contributed by atoms with Gasteiger partial charge in [-0.2, -0.15) is 0 Å². The van der Waals surface area contributed by atoms with Crippen molar-refractivity contribution in [1.29, 1.82) is 0 Å². The van der Waals surface area contributed by atoms with Crippen LogP contribution in [0, 0.1) is 5.92 Å². The lowest BCUT2D eigenvalue weighted by Gasteiger charge is -2.23. The Morgan fingerprint density at radius 3 is 3.04 bits per heavy atom. The number of aryl methyl sites for hydroxylation is 1. The molecule has 2 heterocycles. The number of nitrogens with one attached hydrogen (secondary N) is 1. The predicted molar refractivity (Wildman–Crippen MR) is 88.1 cm³/mol. The van der Waals surface area contributed by atoms with E-state index in [9.17, 15) is 9.59 Å². The second kappa shape index (κ2) is 7.42. The number of nitrogens with zero attached hydrogens (tertiary/aromatic N) is 1. The van der Waals surface area contributed by atoms with Crippen LogP contribution in [0.1, 0.15) is 19.3 Å². The number of esters is 1. The Hall–Kier alpha value is -2.14. The van der Waals surface area contributed by atoms with Crippen molar-refractivity contribution in [3.8, 4) is 0 Å². The van der Waals surface area contributed by atoms with Gasteiger partial charge in [0.05, 0.1) is 5.92 Å². The summed E-state index contributed by atoms with van der Waals surface area (Å²) < 4.78 is 7.47. The van der Waals surface area contributed by atoms with Crippen LogP contribution in [0.4, 0.5) is 0 Å². The van der Waals surface area contributed by atoms with Gasteiger partial charge < -0.3 is 14.6 Å². The van der Waals surface area contributed by atoms with Gasteiger partial charge in [0.1, 0.15) is 0 Å². The van der Waals surface area contributed by atoms with E-state index in [1.165, 1.54) is 5.39 Å². The van der Waals surface area contributed by atoms with Gasteiger partial charge in [-0.1, -0.05) is 18.2 Å². The van der Waals surface area contributed by atoms with Crippen molar-refractivity contribution in [2.24, 2.45) is 5.92 Å². The Morgan fingerprint density at radius 1 is 1.39 bits per heavy atom. The highest BCUT2D eigenvalue weighted by molar-refractivity contribution is 5.80. The van der Waals surface area contributed by atoms with Crippen LogP contribution in [0.2, 0.25) is 0 Å². The fourth-order valence-corrected chi connectivity index (χ4v) is 3.06. The fraction of sp³-hybridized carbons (Fsp3) is 0.444. The Kier molecular flexibility index (Phi) is 5.08. The maximum absolute atomic E-state index is 12.1. The SMILES string of the molecule is O=CC(CCn1ccc2ccccc21)OC(=O)C1CCCNC1. The molecule has 0 amide bonds. The second-order valence-electron chi connectivity index (χ2n) is 6.01. The highest BCUT2D eigenvalue weighted by Gasteiger charge is 2.25. The van der Waals surface area contributed by atoms with Crippen LogP contribution in [0.25, 0.3) is 10.9 Å². The van der Waals surface area contributed by atoms with E-state index in [1.54, 1.807) is 0 Å². The number of carbonyl (C=O) groups excluding carboxylic acids is 2. The zero-order valence-corrected chi connectivity index (χ0v) is 13.1. The first kappa shape index (κ1) is 15.7. The smallest absolute Gasteiger partial charge is 0.310 e. The summed E-state index contributed by atoms with van der Waals surface area (Å²) in [6.45, 7) is 2.24. The minimum atomic E-state index is -0.675. The topological polar surface area (TPSA) is 60.3 Å². The van der Waals surface area contributed by atoms with Crippen molar-refractivity contribution >= 4 is 23.2 Å². The van der Waals surface area contributed by atoms with E-state index in [0.717, 1.165) is 31.2 Å². The molecule has 0 spiro atoms. The highest BCUT2D eigenvalue weighted by atomic mass is 16.5. The summed E-state index contributed by atoms with van der Waals surface area (Å²) in [5, 5.41) is 4.36. The molecule has 3 rings (SSSR count). The average molecular weight is 314 g/mol. The molecule has 1 fully saturated rings. The van der Waals surface area contributed by atoms with Crippen molar-refractivity contribution in [1.82, 2.24) is 9.88 Å². The third kappa shape index (κ3) is 3.79. The Labute approximate surface area is 135 Å². The lowest BCUT2D eigenvalue weighted by atomic mass is 10.00. The minimum absolute atomic E-state index is 0.126. The summed E-state index contributed by atoms with van der Waals surface area (Å²) >= 11 is 0. The molecule has 1 aliphatic heterocycles. The monoisotopic (exact) mass is 314 g/mol. The first-order valence-electron chi connectivity index (χ1n) is 8.18. The zero-order chi connectivity index (χ0) is 16.1. The number of carbonyl (C=O) groups is 2. The molecule has 0 saturated carbocycles. The molecule has 2 unspecified atom stereocenters. The van der Waals surface area contributed by atoms with Crippen LogP contribution in [0.15, 0.2) is 36.5 Å². The van der Waals surface area contributed by atoms with Crippen LogP contribution >= 0.6 is 0 Å². The summed E-state index contributed by atoms with van der Waals surface area (Å²) in [6, 6.07) is 10.1. The van der Waals surface area contributed by atoms with Gasteiger partial charge in [0.25, 0.3) is 0 Å². The van der Waals surface area contributed by atoms with E-state index in [2.05, 4.69) is 16.0 Å². The normalized spacial score (nSPS) is 19.4. The summed E-state index contributed by atoms with van der Waals surface area (Å²) in [5.41, 5.74) is 1.12. The summed E-state index contributed by atoms with van der Waals surface area (Å²) in [7, 11) is 0. The summed E-state index contributed by atoms with van der Waals surface area (Å²) in [6.07, 6.45) is 4.36. The van der Waals surface area contributed by atoms with Crippen molar-refractivity contribution in [2.45, 2.75) is 31.9 Å². The van der Waals surface area contributed by atoms with Crippen LogP contribution < -0.4 is 5.32 Å². The van der Waals surface area contributed by atoms with Crippen molar-refractivity contribution < 1.29 is 14.3 Å². The Morgan fingerprint density at radius 2 is 2.26 bits per heavy atom. The van der Waals surface area contributed by atoms with Crippen LogP contribution in [0.5, 0.6) is 0 Å². The molecule has 0 radical (unpaired) electrons. The van der Waals surface area contributed by atoms with E-state index >= 15 is 0 Å². The molecule has 2 aromatic rings. The molecule has 2 atom stereocenters. The van der Waals surface area contributed by atoms with E-state index < -0.39 is 6.10 Å². The van der Waals surface area contributed by atoms with Crippen molar-refractivity contribution in [3.63, 3.8) is 0 Å². The lowest BCUT2D eigenvalue weighted by Crippen LogP contribution is -2.37. The van der Waals surface area contributed by atoms with Gasteiger partial charge in [0, 0.05) is 31.2 Å². The van der Waals surface area contributed by atoms with Gasteiger partial charge in [-0.3, -0.25) is 9.59 Å². The van der Waals surface area contributed by atoms with Crippen molar-refractivity contribution in [3.05, 3.63) is 36.5 Å². The zero-order valence-electron chi connectivity index (χ0n) is 13.1. The number of hydrogen-bond acceptors (Lipinski definition) is 4. The molecule has 5 nitrogen and oxygen atoms in total. The van der Waals surface area contributed by atoms with E-state index in [4.69, 9.17) is 4.74 Å². The summed E-state index contributed by atoms with van der Waals surface area (Å²) in [4.78, 5) is 23.4. The van der Waals surface area contributed by atoms with Crippen LogP contribution in [0.3, 0.4) is 0 Å². The number of aromatic nitrogens is 1. The van der Waals surface area contributed by atoms with Crippen LogP contribution in [-0.4, -0.2) is 36.0 Å². The maximum atomic E-state index is 12.1. The fourth-order valence-electron chi connectivity index (χ4n) is 3.06. The van der Waals surface area contributed by atoms with E-state index in [0.29, 0.717) is 19.5 Å². The molecule has 23 heavy (non-hydrogen) atoms. The molecule has 122 valence electrons. The predicted octanol–water partition coefficient (Wildman–Crippen LogP) is 2.14. The van der Waals surface area contributed by atoms with Gasteiger partial charge in [0.2, 0.25) is 0 Å². The maximum Gasteiger partial charge on any atom is 0.310 e. The third-order valence-corrected chi connectivity index (χ3v) is 4.38. The lowest BCUT2D eigenvalue weighted by molar-refractivity contribution is -0.157. The molecular formula is C18H22N2O3. The number of benzene rings is 1. The first-order valence-corrected chi connectivity index (χ1v) is 8.18. The first-order chi connectivity index (χ1) is 11.3. The van der Waals surface area contributed by atoms with E-state index in [1.807, 2.05) is 30.5 Å². The quantitative estimate of drug-likeness (QED) is 0.655. The second-order valence-corrected chi connectivity index (χ2v) is 6.01. The molecular weight excluding hydrogens is 292 g/mol. The molecule has 1 aliphatic rings. The number of para-hydroxylation sites is 1. The Balaban J connectivity index is 1.57. The highest BCUT2D eigenvalue weighted by Crippen LogP contribution is 2.17. The molecule has 1 N–H and O–H groups in total. The van der Waals surface area contributed by atoms with E-state index in [-0.39, 0.29) is 11.9 Å². The number of ether oxygens (including phenoxy) is 1. The number of rotatable bonds is 6. The molecule has 1 aromatic carbocycles. The van der Waals surface area contributed by atoms with Gasteiger partial charge in [0.15, 0.2) is 12.4 Å². The number of fused-ring (bicyclic) bond motifs is 1. The van der Waals surface area contributed by atoms with Gasteiger partial charge >= 0.3 is 5.97 Å². The van der Waals surface area contributed by atoms with Gasteiger partial charge in [-0.05, 0) is 36.9 Å². The largest absolute Gasteiger partial charge is 0.454 e. The number of piperidine rings is 1. The number of aldehydes is 1. The summed E-state index contributed by atoms with van der Waals surface area (Å²) in [5.74, 6) is -0.384. The minimum Gasteiger partial charge on any atom is -0.454 e. The molecule has 5 heteroatoms. The molecule has 0 aliphatic carbocycles. The molecule has 1 saturated heterocycles. The van der Waals surface area contributed by atoms with Gasteiger partial charge in [-0.15, -0.1) is 0 Å².